The molecule has 2 heterocycles. The number of carboxylic acids is 1. The minimum atomic E-state index is -0.906. The maximum absolute atomic E-state index is 12.3. The van der Waals surface area contributed by atoms with E-state index in [1.54, 1.807) is 25.2 Å². The van der Waals surface area contributed by atoms with E-state index in [1.807, 2.05) is 43.5 Å². The summed E-state index contributed by atoms with van der Waals surface area (Å²) in [7, 11) is 1.57. The van der Waals surface area contributed by atoms with E-state index < -0.39 is 17.4 Å². The molecule has 9 heteroatoms. The summed E-state index contributed by atoms with van der Waals surface area (Å²) in [6, 6.07) is 10.5. The van der Waals surface area contributed by atoms with Gasteiger partial charge in [-0.1, -0.05) is 38.4 Å². The Hall–Kier alpha value is -3.39. The molecule has 0 radical (unpaired) electrons. The largest absolute Gasteiger partial charge is 0.481 e. The van der Waals surface area contributed by atoms with Crippen LogP contribution in [0.4, 0.5) is 0 Å². The SMILES string of the molecule is CNC(=O)c1ccc2nc(-c3ccc4c(Cl)n[nH]c4c3)n([C@H](CC(=O)O)C(C)(C)C)c2c1. The van der Waals surface area contributed by atoms with Crippen LogP contribution in [0.25, 0.3) is 33.3 Å². The van der Waals surface area contributed by atoms with Gasteiger partial charge in [-0.3, -0.25) is 14.7 Å². The second-order valence-corrected chi connectivity index (χ2v) is 9.20. The normalized spacial score (nSPS) is 12.9. The van der Waals surface area contributed by atoms with E-state index in [1.165, 1.54) is 0 Å². The molecule has 0 saturated carbocycles. The van der Waals surface area contributed by atoms with Crippen LogP contribution in [0, 0.1) is 5.41 Å². The van der Waals surface area contributed by atoms with Crippen LogP contribution >= 0.6 is 11.6 Å². The third-order valence-electron chi connectivity index (χ3n) is 5.63. The fourth-order valence-corrected chi connectivity index (χ4v) is 4.18. The Bertz CT molecular complexity index is 1350. The molecule has 0 aliphatic rings. The summed E-state index contributed by atoms with van der Waals surface area (Å²) in [5.74, 6) is -0.515. The fourth-order valence-electron chi connectivity index (χ4n) is 3.97. The zero-order chi connectivity index (χ0) is 23.2. The number of amides is 1. The number of hydrogen-bond acceptors (Lipinski definition) is 4. The number of carbonyl (C=O) groups is 2. The van der Waals surface area contributed by atoms with Crippen molar-refractivity contribution in [3.05, 3.63) is 47.1 Å². The van der Waals surface area contributed by atoms with Crippen LogP contribution in [0.15, 0.2) is 36.4 Å². The molecule has 2 aromatic carbocycles. The van der Waals surface area contributed by atoms with Crippen molar-refractivity contribution in [3.8, 4) is 11.4 Å². The summed E-state index contributed by atoms with van der Waals surface area (Å²) < 4.78 is 1.94. The number of rotatable bonds is 5. The Morgan fingerprint density at radius 3 is 2.62 bits per heavy atom. The molecule has 2 aromatic heterocycles. The summed E-state index contributed by atoms with van der Waals surface area (Å²) >= 11 is 6.13. The smallest absolute Gasteiger partial charge is 0.305 e. The van der Waals surface area contributed by atoms with Crippen molar-refractivity contribution < 1.29 is 14.7 Å². The summed E-state index contributed by atoms with van der Waals surface area (Å²) in [4.78, 5) is 28.9. The lowest BCUT2D eigenvalue weighted by Crippen LogP contribution is -2.27. The van der Waals surface area contributed by atoms with E-state index in [9.17, 15) is 14.7 Å². The number of nitrogens with zero attached hydrogens (tertiary/aromatic N) is 3. The Morgan fingerprint density at radius 2 is 1.97 bits per heavy atom. The van der Waals surface area contributed by atoms with Crippen LogP contribution in [0.2, 0.25) is 5.15 Å². The number of carbonyl (C=O) groups excluding carboxylic acids is 1. The fraction of sp³-hybridized carbons (Fsp3) is 0.304. The van der Waals surface area contributed by atoms with Gasteiger partial charge in [0.15, 0.2) is 5.15 Å². The highest BCUT2D eigenvalue weighted by atomic mass is 35.5. The van der Waals surface area contributed by atoms with Gasteiger partial charge in [-0.25, -0.2) is 4.98 Å². The first-order valence-corrected chi connectivity index (χ1v) is 10.6. The number of nitrogens with one attached hydrogen (secondary N) is 2. The third-order valence-corrected chi connectivity index (χ3v) is 5.92. The number of benzene rings is 2. The minimum absolute atomic E-state index is 0.0930. The van der Waals surface area contributed by atoms with Crippen LogP contribution in [0.3, 0.4) is 0 Å². The summed E-state index contributed by atoms with van der Waals surface area (Å²) in [5.41, 5.74) is 3.00. The number of aromatic amines is 1. The third kappa shape index (κ3) is 3.82. The van der Waals surface area contributed by atoms with Gasteiger partial charge in [0.05, 0.1) is 29.0 Å². The maximum Gasteiger partial charge on any atom is 0.305 e. The van der Waals surface area contributed by atoms with Crippen LogP contribution in [0.5, 0.6) is 0 Å². The van der Waals surface area contributed by atoms with Crippen LogP contribution in [0.1, 0.15) is 43.6 Å². The number of fused-ring (bicyclic) bond motifs is 2. The predicted octanol–water partition coefficient (Wildman–Crippen LogP) is 4.65. The first kappa shape index (κ1) is 21.8. The van der Waals surface area contributed by atoms with Crippen molar-refractivity contribution in [2.75, 3.05) is 7.05 Å². The average Bonchev–Trinajstić information content (AvgIpc) is 3.30. The number of halogens is 1. The zero-order valence-electron chi connectivity index (χ0n) is 18.2. The van der Waals surface area contributed by atoms with Gasteiger partial charge >= 0.3 is 5.97 Å². The van der Waals surface area contributed by atoms with E-state index in [4.69, 9.17) is 16.6 Å². The van der Waals surface area contributed by atoms with Crippen LogP contribution in [-0.4, -0.2) is 43.8 Å². The van der Waals surface area contributed by atoms with Crippen molar-refractivity contribution in [1.29, 1.82) is 0 Å². The number of aromatic nitrogens is 4. The maximum atomic E-state index is 12.3. The molecule has 0 unspecified atom stereocenters. The molecule has 0 fully saturated rings. The van der Waals surface area contributed by atoms with Crippen molar-refractivity contribution in [2.24, 2.45) is 5.41 Å². The molecule has 0 aliphatic heterocycles. The molecule has 166 valence electrons. The summed E-state index contributed by atoms with van der Waals surface area (Å²) in [5, 5.41) is 20.4. The van der Waals surface area contributed by atoms with E-state index in [-0.39, 0.29) is 12.3 Å². The molecular formula is C23H24ClN5O3. The molecule has 1 amide bonds. The second kappa shape index (κ2) is 7.94. The number of aliphatic carboxylic acids is 1. The van der Waals surface area contributed by atoms with Gasteiger partial charge in [0.25, 0.3) is 5.91 Å². The Kier molecular flexibility index (Phi) is 5.42. The molecule has 0 saturated heterocycles. The van der Waals surface area contributed by atoms with Crippen LogP contribution < -0.4 is 5.32 Å². The molecule has 3 N–H and O–H groups in total. The van der Waals surface area contributed by atoms with Crippen molar-refractivity contribution in [3.63, 3.8) is 0 Å². The molecular weight excluding hydrogens is 430 g/mol. The molecule has 4 aromatic rings. The average molecular weight is 454 g/mol. The summed E-state index contributed by atoms with van der Waals surface area (Å²) in [6.45, 7) is 5.99. The van der Waals surface area contributed by atoms with Crippen molar-refractivity contribution >= 4 is 45.4 Å². The Labute approximate surface area is 189 Å². The first-order chi connectivity index (χ1) is 15.1. The van der Waals surface area contributed by atoms with Gasteiger partial charge in [0.2, 0.25) is 0 Å². The molecule has 4 rings (SSSR count). The van der Waals surface area contributed by atoms with Crippen molar-refractivity contribution in [1.82, 2.24) is 25.1 Å². The highest BCUT2D eigenvalue weighted by molar-refractivity contribution is 6.34. The molecule has 8 nitrogen and oxygen atoms in total. The molecule has 0 aliphatic carbocycles. The Morgan fingerprint density at radius 1 is 1.22 bits per heavy atom. The highest BCUT2D eigenvalue weighted by Gasteiger charge is 2.32. The first-order valence-electron chi connectivity index (χ1n) is 10.2. The molecule has 1 atom stereocenters. The van der Waals surface area contributed by atoms with Crippen molar-refractivity contribution in [2.45, 2.75) is 33.2 Å². The quantitative estimate of drug-likeness (QED) is 0.407. The second-order valence-electron chi connectivity index (χ2n) is 8.84. The van der Waals surface area contributed by atoms with E-state index >= 15 is 0 Å². The molecule has 32 heavy (non-hydrogen) atoms. The Balaban J connectivity index is 2.03. The van der Waals surface area contributed by atoms with E-state index in [0.29, 0.717) is 27.6 Å². The number of H-pyrrole nitrogens is 1. The van der Waals surface area contributed by atoms with Gasteiger partial charge in [0.1, 0.15) is 5.82 Å². The number of carboxylic acid groups (broad SMARTS) is 1. The molecule has 0 spiro atoms. The van der Waals surface area contributed by atoms with Gasteiger partial charge < -0.3 is 15.0 Å². The minimum Gasteiger partial charge on any atom is -0.481 e. The van der Waals surface area contributed by atoms with E-state index in [0.717, 1.165) is 16.5 Å². The highest BCUT2D eigenvalue weighted by Crippen LogP contribution is 2.40. The monoisotopic (exact) mass is 453 g/mol. The van der Waals surface area contributed by atoms with Gasteiger partial charge in [0, 0.05) is 23.6 Å². The topological polar surface area (TPSA) is 113 Å². The molecule has 0 bridgehead atoms. The van der Waals surface area contributed by atoms with Gasteiger partial charge in [-0.2, -0.15) is 5.10 Å². The van der Waals surface area contributed by atoms with Gasteiger partial charge in [-0.05, 0) is 35.7 Å². The van der Waals surface area contributed by atoms with Gasteiger partial charge in [-0.15, -0.1) is 0 Å². The standard InChI is InChI=1S/C23H24ClN5O3/c1-23(2,3)18(11-19(30)31)29-17-10-13(22(32)25-4)6-8-15(17)26-21(29)12-5-7-14-16(9-12)27-28-20(14)24/h5-10,18H,11H2,1-4H3,(H,25,32)(H,27,28)(H,30,31)/t18-/m1/s1. The number of imidazole rings is 1. The lowest BCUT2D eigenvalue weighted by molar-refractivity contribution is -0.138. The lowest BCUT2D eigenvalue weighted by Gasteiger charge is -2.32. The number of hydrogen-bond donors (Lipinski definition) is 3. The predicted molar refractivity (Wildman–Crippen MR) is 124 cm³/mol. The lowest BCUT2D eigenvalue weighted by atomic mass is 9.84. The summed E-state index contributed by atoms with van der Waals surface area (Å²) in [6.07, 6.45) is -0.0930. The zero-order valence-corrected chi connectivity index (χ0v) is 19.0. The van der Waals surface area contributed by atoms with E-state index in [2.05, 4.69) is 15.5 Å². The van der Waals surface area contributed by atoms with Crippen LogP contribution in [-0.2, 0) is 4.79 Å².